The summed E-state index contributed by atoms with van der Waals surface area (Å²) in [6, 6.07) is -0.261. The van der Waals surface area contributed by atoms with E-state index in [9.17, 15) is 74.2 Å². The van der Waals surface area contributed by atoms with Crippen LogP contribution in [0, 0.1) is 23.4 Å². The minimum atomic E-state index is -2.44. The lowest BCUT2D eigenvalue weighted by Gasteiger charge is -2.48. The third kappa shape index (κ3) is 19.3. The van der Waals surface area contributed by atoms with Crippen LogP contribution in [0.1, 0.15) is 131 Å². The number of likely N-dealkylation sites (N-methyl/N-ethyl adjacent to an activating group) is 1. The summed E-state index contributed by atoms with van der Waals surface area (Å²) in [5.41, 5.74) is 5.93. The number of nitrogens with one attached hydrogen (secondary N) is 8. The standard InChI is InChI=1S/C80H91Cl2F3N10O26/c1-29(2)14-45(88-7)71(106)94-61-63(101)33-9-12-49(40(81)16-33)116-51-19-35-20-52(67(51)121-78-68(65(103)64(102)53(28-96)118-78)120-56-26-80(6,70(105)31(4)115-56)89-27-36-18-43(84)44(85)23-42(36)83)117-50-13-10-34(17-41(50)82)66(119-55-25-79(5,87)69(104)30(3)114-55)62-76(111)93-60(77(112)113)39-21-37(97)22-48(99)57(39)38-15-32(8-11-47(38)98)58(73(108)95-62)92-74(109)59(35)91-72(107)46(24-54(86)100)90-75(61)110/h8-13,15-23,29-31,45-46,53,55-56,58-66,68-70,78,88-89,96-99,101-105H,14,24-28,87H2,1-7H3,(H2,86,100)(H,90,110)(H,91,107)(H,92,109)(H,93,111)(H,94,106)(H,95,108)(H,112,113)/t30-,31-,45+,46-,53+,55-,56-,58+,59+,60+,61+,62-,63+,64+,65-,66+,68+,69+,70+,78-,79-,80-/m0/s1. The van der Waals surface area contributed by atoms with Crippen molar-refractivity contribution in [3.8, 4) is 57.1 Å². The monoisotopic (exact) mass is 1730 g/mol. The number of aliphatic carboxylic acids is 1. The summed E-state index contributed by atoms with van der Waals surface area (Å²) in [6.07, 6.45) is -24.6. The number of carboxylic acid groups (broad SMARTS) is 1. The van der Waals surface area contributed by atoms with Crippen LogP contribution in [0.15, 0.2) is 91.0 Å². The zero-order chi connectivity index (χ0) is 88.0. The number of phenolic OH excluding ortho intramolecular Hbond substituents is 3. The van der Waals surface area contributed by atoms with E-state index < -0.39 is 308 Å². The molecular weight excluding hydrogens is 1640 g/mol. The zero-order valence-corrected chi connectivity index (χ0v) is 67.1. The molecule has 0 aliphatic carbocycles. The van der Waals surface area contributed by atoms with E-state index in [2.05, 4.69) is 42.5 Å². The number of aliphatic hydroxyl groups is 6. The van der Waals surface area contributed by atoms with Gasteiger partial charge in [-0.3, -0.25) is 33.6 Å². The van der Waals surface area contributed by atoms with Crippen LogP contribution in [-0.4, -0.2) is 215 Å². The summed E-state index contributed by atoms with van der Waals surface area (Å²) in [5, 5.41) is 136. The van der Waals surface area contributed by atoms with Crippen molar-refractivity contribution in [1.82, 2.24) is 42.5 Å². The summed E-state index contributed by atoms with van der Waals surface area (Å²) in [7, 11) is 1.45. The van der Waals surface area contributed by atoms with Gasteiger partial charge in [-0.05, 0) is 130 Å². The molecule has 22 N–H and O–H groups in total. The van der Waals surface area contributed by atoms with Crippen LogP contribution in [0.3, 0.4) is 0 Å². The number of fused-ring (bicyclic) bond motifs is 15. The number of ether oxygens (including phenoxy) is 8. The van der Waals surface area contributed by atoms with Gasteiger partial charge in [0.25, 0.3) is 0 Å². The van der Waals surface area contributed by atoms with E-state index in [1.54, 1.807) is 13.8 Å². The lowest BCUT2D eigenvalue weighted by molar-refractivity contribution is -0.334. The second-order valence-corrected chi connectivity index (χ2v) is 32.2. The zero-order valence-electron chi connectivity index (χ0n) is 65.6. The number of amides is 7. The summed E-state index contributed by atoms with van der Waals surface area (Å²) < 4.78 is 95.9. The quantitative estimate of drug-likeness (QED) is 0.0550. The van der Waals surface area contributed by atoms with Gasteiger partial charge >= 0.3 is 5.97 Å². The van der Waals surface area contributed by atoms with Gasteiger partial charge in [-0.1, -0.05) is 55.2 Å². The predicted octanol–water partition coefficient (Wildman–Crippen LogP) is 2.59. The van der Waals surface area contributed by atoms with E-state index in [1.807, 2.05) is 0 Å². The molecule has 652 valence electrons. The molecule has 6 aromatic carbocycles. The van der Waals surface area contributed by atoms with Gasteiger partial charge in [0.2, 0.25) is 53.4 Å². The number of hydrogen-bond acceptors (Lipinski definition) is 28. The number of primary amides is 1. The highest BCUT2D eigenvalue weighted by molar-refractivity contribution is 6.32. The van der Waals surface area contributed by atoms with Crippen LogP contribution in [-0.2, 0) is 68.6 Å². The Bertz CT molecular complexity index is 5000. The predicted molar refractivity (Wildman–Crippen MR) is 415 cm³/mol. The summed E-state index contributed by atoms with van der Waals surface area (Å²) in [5.74, 6) is -20.8. The van der Waals surface area contributed by atoms with Crippen LogP contribution in [0.4, 0.5) is 13.2 Å². The topological polar surface area (TPSA) is 561 Å². The van der Waals surface area contributed by atoms with Gasteiger partial charge in [-0.2, -0.15) is 0 Å². The molecule has 3 fully saturated rings. The molecule has 8 aliphatic rings. The second kappa shape index (κ2) is 36.4. The van der Waals surface area contributed by atoms with Crippen molar-refractivity contribution in [3.63, 3.8) is 0 Å². The van der Waals surface area contributed by atoms with Crippen molar-refractivity contribution in [1.29, 1.82) is 0 Å². The van der Waals surface area contributed by atoms with Crippen molar-refractivity contribution in [2.75, 3.05) is 13.7 Å². The Morgan fingerprint density at radius 2 is 1.26 bits per heavy atom. The molecule has 0 spiro atoms. The smallest absolute Gasteiger partial charge is 0.330 e. The van der Waals surface area contributed by atoms with E-state index in [0.717, 1.165) is 66.7 Å². The molecule has 22 atom stereocenters. The van der Waals surface area contributed by atoms with E-state index in [1.165, 1.54) is 46.9 Å². The molecule has 7 amide bonds. The highest BCUT2D eigenvalue weighted by Gasteiger charge is 2.53. The molecule has 0 aromatic heterocycles. The van der Waals surface area contributed by atoms with Gasteiger partial charge in [-0.25, -0.2) is 18.0 Å². The Kier molecular flexibility index (Phi) is 27.1. The number of rotatable bonds is 18. The Balaban J connectivity index is 1.10. The first-order valence-corrected chi connectivity index (χ1v) is 39.0. The number of carbonyl (C=O) groups excluding carboxylic acids is 7. The van der Waals surface area contributed by atoms with Crippen LogP contribution in [0.25, 0.3) is 11.1 Å². The molecular formula is C80H91Cl2F3N10O26. The molecule has 3 saturated heterocycles. The van der Waals surface area contributed by atoms with Gasteiger partial charge in [0.1, 0.15) is 95.3 Å². The lowest BCUT2D eigenvalue weighted by atomic mass is 9.84. The minimum Gasteiger partial charge on any atom is -0.508 e. The molecule has 41 heteroatoms. The van der Waals surface area contributed by atoms with Crippen molar-refractivity contribution in [3.05, 3.63) is 152 Å². The van der Waals surface area contributed by atoms with E-state index in [0.29, 0.717) is 12.1 Å². The van der Waals surface area contributed by atoms with Gasteiger partial charge in [0, 0.05) is 64.9 Å². The SMILES string of the molecule is CN[C@H](CC(C)C)C(=O)N[C@H]1C(=O)N[C@@H](CC(N)=O)C(=O)N[C@H]2C(=O)N[C@H]3C(=O)N[C@H](C(=O)N[C@@H](C(=O)O)c4cc(O)cc(O)c4-c4cc3ccc4O)[C@H](O[C@H]3C[C@](C)(N)[C@H](O)[C@H](C)O3)c3ccc(c(Cl)c3)Oc3cc2cc(c3O[C@@H]2O[C@H](CO)[C@@H](O)[C@H](O)[C@H]2O[C@H]2C[C@](C)(NCc3cc(F)c(F)cc3F)[C@H](O)[C@H](C)O2)Oc2ccc(cc2Cl)[C@H]1O. The first-order chi connectivity index (χ1) is 57.0. The Morgan fingerprint density at radius 3 is 1.88 bits per heavy atom. The summed E-state index contributed by atoms with van der Waals surface area (Å²) >= 11 is 14.5. The second-order valence-electron chi connectivity index (χ2n) is 31.4. The Morgan fingerprint density at radius 1 is 0.661 bits per heavy atom. The van der Waals surface area contributed by atoms with E-state index in [4.69, 9.17) is 72.6 Å². The minimum absolute atomic E-state index is 0.139. The first-order valence-electron chi connectivity index (χ1n) is 38.2. The average molecular weight is 1740 g/mol. The Labute approximate surface area is 697 Å². The summed E-state index contributed by atoms with van der Waals surface area (Å²) in [4.78, 5) is 120. The fourth-order valence-electron chi connectivity index (χ4n) is 15.4. The number of carboxylic acids is 1. The fourth-order valence-corrected chi connectivity index (χ4v) is 15.9. The van der Waals surface area contributed by atoms with Gasteiger partial charge in [0.15, 0.2) is 47.9 Å². The number of aromatic hydroxyl groups is 3. The number of phenols is 3. The van der Waals surface area contributed by atoms with Crippen molar-refractivity contribution >= 4 is 70.5 Å². The normalized spacial score (nSPS) is 30.4. The van der Waals surface area contributed by atoms with Crippen LogP contribution >= 0.6 is 23.2 Å². The molecule has 36 nitrogen and oxygen atoms in total. The van der Waals surface area contributed by atoms with Gasteiger partial charge in [-0.15, -0.1) is 0 Å². The number of aliphatic hydroxyl groups excluding tert-OH is 6. The largest absolute Gasteiger partial charge is 0.508 e. The van der Waals surface area contributed by atoms with Gasteiger partial charge in [0.05, 0.1) is 53.5 Å². The molecule has 0 unspecified atom stereocenters. The van der Waals surface area contributed by atoms with Crippen LogP contribution < -0.4 is 68.2 Å². The maximum atomic E-state index is 16.5. The average Bonchev–Trinajstić information content (AvgIpc) is 0.763. The molecule has 0 saturated carbocycles. The number of hydrogen-bond donors (Lipinski definition) is 20. The number of nitrogens with two attached hydrogens (primary N) is 2. The fraction of sp³-hybridized carbons (Fsp3) is 0.450. The molecule has 6 aromatic rings. The molecule has 11 bridgehead atoms. The first kappa shape index (κ1) is 89.9. The molecule has 121 heavy (non-hydrogen) atoms. The number of halogens is 5. The van der Waals surface area contributed by atoms with Crippen LogP contribution in [0.5, 0.6) is 46.0 Å². The third-order valence-corrected chi connectivity index (χ3v) is 22.5. The van der Waals surface area contributed by atoms with Crippen molar-refractivity contribution in [2.24, 2.45) is 17.4 Å². The maximum absolute atomic E-state index is 16.5. The van der Waals surface area contributed by atoms with Crippen molar-refractivity contribution < 1.29 is 140 Å². The van der Waals surface area contributed by atoms with E-state index in [-0.39, 0.29) is 35.4 Å². The Hall–Kier alpha value is -10.3. The third-order valence-electron chi connectivity index (χ3n) is 21.9. The highest BCUT2D eigenvalue weighted by atomic mass is 35.5. The van der Waals surface area contributed by atoms with Gasteiger partial charge < -0.3 is 143 Å². The highest BCUT2D eigenvalue weighted by Crippen LogP contribution is 2.51. The lowest BCUT2D eigenvalue weighted by Crippen LogP contribution is -2.65. The van der Waals surface area contributed by atoms with E-state index >= 15 is 28.4 Å². The molecule has 8 heterocycles. The number of benzene rings is 6. The summed E-state index contributed by atoms with van der Waals surface area (Å²) in [6.45, 7) is 7.75. The number of carbonyl (C=O) groups is 8. The van der Waals surface area contributed by atoms with Crippen molar-refractivity contribution in [2.45, 2.75) is 207 Å². The van der Waals surface area contributed by atoms with Crippen LogP contribution in [0.2, 0.25) is 10.0 Å². The molecule has 14 rings (SSSR count). The molecule has 0 radical (unpaired) electrons. The molecule has 8 aliphatic heterocycles. The maximum Gasteiger partial charge on any atom is 0.330 e.